The maximum Gasteiger partial charge on any atom is 0.253 e. The van der Waals surface area contributed by atoms with Crippen molar-refractivity contribution in [1.29, 1.82) is 0 Å². The lowest BCUT2D eigenvalue weighted by Gasteiger charge is -2.31. The van der Waals surface area contributed by atoms with E-state index in [1.54, 1.807) is 7.05 Å². The number of ether oxygens (including phenoxy) is 1. The van der Waals surface area contributed by atoms with Gasteiger partial charge in [0.2, 0.25) is 5.91 Å². The molecule has 0 aliphatic carbocycles. The number of morpholine rings is 1. The summed E-state index contributed by atoms with van der Waals surface area (Å²) in [7, 11) is 1.62. The third kappa shape index (κ3) is 4.96. The molecule has 1 saturated heterocycles. The standard InChI is InChI=1S/C18H27N3O3/c1-18(2,9-8-16(22)19-3)20-17(23)14-6-4-5-7-15(14)21-10-12-24-13-11-21/h4-7H,8-13H2,1-3H3,(H,19,22)(H,20,23). The lowest BCUT2D eigenvalue weighted by molar-refractivity contribution is -0.121. The maximum atomic E-state index is 12.8. The second-order valence-electron chi connectivity index (χ2n) is 6.63. The van der Waals surface area contributed by atoms with E-state index in [2.05, 4.69) is 15.5 Å². The molecule has 6 nitrogen and oxygen atoms in total. The van der Waals surface area contributed by atoms with Gasteiger partial charge in [-0.3, -0.25) is 9.59 Å². The first-order valence-electron chi connectivity index (χ1n) is 8.38. The summed E-state index contributed by atoms with van der Waals surface area (Å²) in [6.45, 7) is 6.78. The number of carbonyl (C=O) groups is 2. The first kappa shape index (κ1) is 18.3. The van der Waals surface area contributed by atoms with E-state index >= 15 is 0 Å². The zero-order valence-electron chi connectivity index (χ0n) is 14.7. The molecule has 2 N–H and O–H groups in total. The van der Waals surface area contributed by atoms with Crippen LogP contribution in [0, 0.1) is 0 Å². The van der Waals surface area contributed by atoms with Gasteiger partial charge < -0.3 is 20.3 Å². The van der Waals surface area contributed by atoms with Crippen molar-refractivity contribution in [2.75, 3.05) is 38.3 Å². The minimum Gasteiger partial charge on any atom is -0.378 e. The number of hydrogen-bond acceptors (Lipinski definition) is 4. The lowest BCUT2D eigenvalue weighted by atomic mass is 9.97. The molecule has 1 aliphatic rings. The van der Waals surface area contributed by atoms with E-state index in [0.29, 0.717) is 31.6 Å². The van der Waals surface area contributed by atoms with Gasteiger partial charge in [0.15, 0.2) is 0 Å². The lowest BCUT2D eigenvalue weighted by Crippen LogP contribution is -2.45. The predicted octanol–water partition coefficient (Wildman–Crippen LogP) is 1.56. The molecule has 1 heterocycles. The van der Waals surface area contributed by atoms with Gasteiger partial charge in [-0.1, -0.05) is 12.1 Å². The zero-order chi connectivity index (χ0) is 17.6. The van der Waals surface area contributed by atoms with Crippen LogP contribution in [0.4, 0.5) is 5.69 Å². The number of nitrogens with one attached hydrogen (secondary N) is 2. The fraction of sp³-hybridized carbons (Fsp3) is 0.556. The number of anilines is 1. The van der Waals surface area contributed by atoms with Crippen molar-refractivity contribution in [2.24, 2.45) is 0 Å². The molecule has 0 unspecified atom stereocenters. The minimum absolute atomic E-state index is 0.0222. The van der Waals surface area contributed by atoms with Crippen molar-refractivity contribution in [3.05, 3.63) is 29.8 Å². The number of hydrogen-bond donors (Lipinski definition) is 2. The third-order valence-electron chi connectivity index (χ3n) is 4.21. The average molecular weight is 333 g/mol. The Morgan fingerprint density at radius 1 is 1.21 bits per heavy atom. The van der Waals surface area contributed by atoms with Crippen molar-refractivity contribution in [2.45, 2.75) is 32.2 Å². The van der Waals surface area contributed by atoms with Gasteiger partial charge in [-0.25, -0.2) is 0 Å². The van der Waals surface area contributed by atoms with E-state index < -0.39 is 5.54 Å². The van der Waals surface area contributed by atoms with E-state index in [1.165, 1.54) is 0 Å². The number of nitrogens with zero attached hydrogens (tertiary/aromatic N) is 1. The van der Waals surface area contributed by atoms with Gasteiger partial charge in [0, 0.05) is 37.8 Å². The third-order valence-corrected chi connectivity index (χ3v) is 4.21. The number of para-hydroxylation sites is 1. The van der Waals surface area contributed by atoms with Gasteiger partial charge >= 0.3 is 0 Å². The molecular weight excluding hydrogens is 306 g/mol. The Morgan fingerprint density at radius 2 is 1.88 bits per heavy atom. The molecule has 1 aliphatic heterocycles. The van der Waals surface area contributed by atoms with Crippen molar-refractivity contribution >= 4 is 17.5 Å². The zero-order valence-corrected chi connectivity index (χ0v) is 14.7. The van der Waals surface area contributed by atoms with E-state index in [9.17, 15) is 9.59 Å². The molecule has 0 atom stereocenters. The molecular formula is C18H27N3O3. The van der Waals surface area contributed by atoms with Crippen LogP contribution in [0.25, 0.3) is 0 Å². The molecule has 0 bridgehead atoms. The Hall–Kier alpha value is -2.08. The highest BCUT2D eigenvalue weighted by molar-refractivity contribution is 6.00. The van der Waals surface area contributed by atoms with Gasteiger partial charge in [-0.05, 0) is 32.4 Å². The first-order valence-corrected chi connectivity index (χ1v) is 8.38. The highest BCUT2D eigenvalue weighted by Gasteiger charge is 2.25. The van der Waals surface area contributed by atoms with Gasteiger partial charge in [-0.15, -0.1) is 0 Å². The summed E-state index contributed by atoms with van der Waals surface area (Å²) in [5, 5.41) is 5.66. The van der Waals surface area contributed by atoms with Crippen LogP contribution in [-0.4, -0.2) is 50.7 Å². The molecule has 1 aromatic rings. The van der Waals surface area contributed by atoms with Crippen molar-refractivity contribution in [3.63, 3.8) is 0 Å². The normalized spacial score (nSPS) is 15.0. The predicted molar refractivity (Wildman–Crippen MR) is 94.3 cm³/mol. The second-order valence-corrected chi connectivity index (χ2v) is 6.63. The van der Waals surface area contributed by atoms with E-state index in [4.69, 9.17) is 4.74 Å². The molecule has 0 aromatic heterocycles. The summed E-state index contributed by atoms with van der Waals surface area (Å²) >= 11 is 0. The Labute approximate surface area is 143 Å². The number of benzene rings is 1. The highest BCUT2D eigenvalue weighted by atomic mass is 16.5. The molecule has 2 amide bonds. The van der Waals surface area contributed by atoms with Gasteiger partial charge in [0.05, 0.1) is 18.8 Å². The van der Waals surface area contributed by atoms with Gasteiger partial charge in [0.25, 0.3) is 5.91 Å². The Balaban J connectivity index is 2.07. The number of rotatable bonds is 6. The van der Waals surface area contributed by atoms with Crippen LogP contribution in [0.2, 0.25) is 0 Å². The molecule has 132 valence electrons. The molecule has 0 spiro atoms. The Kier molecular flexibility index (Phi) is 6.20. The summed E-state index contributed by atoms with van der Waals surface area (Å²) < 4.78 is 5.39. The quantitative estimate of drug-likeness (QED) is 0.829. The molecule has 24 heavy (non-hydrogen) atoms. The minimum atomic E-state index is -0.457. The van der Waals surface area contributed by atoms with Gasteiger partial charge in [-0.2, -0.15) is 0 Å². The largest absolute Gasteiger partial charge is 0.378 e. The van der Waals surface area contributed by atoms with Crippen LogP contribution in [0.5, 0.6) is 0 Å². The molecule has 1 fully saturated rings. The van der Waals surface area contributed by atoms with E-state index in [-0.39, 0.29) is 11.8 Å². The molecule has 2 rings (SSSR count). The molecule has 0 radical (unpaired) electrons. The molecule has 1 aromatic carbocycles. The Morgan fingerprint density at radius 3 is 2.54 bits per heavy atom. The molecule has 6 heteroatoms. The average Bonchev–Trinajstić information content (AvgIpc) is 2.60. The van der Waals surface area contributed by atoms with Crippen molar-refractivity contribution in [1.82, 2.24) is 10.6 Å². The summed E-state index contributed by atoms with van der Waals surface area (Å²) in [6.07, 6.45) is 0.965. The fourth-order valence-electron chi connectivity index (χ4n) is 2.73. The van der Waals surface area contributed by atoms with Crippen molar-refractivity contribution < 1.29 is 14.3 Å². The summed E-state index contributed by atoms with van der Waals surface area (Å²) in [4.78, 5) is 26.4. The van der Waals surface area contributed by atoms with Crippen LogP contribution in [-0.2, 0) is 9.53 Å². The fourth-order valence-corrected chi connectivity index (χ4v) is 2.73. The smallest absolute Gasteiger partial charge is 0.253 e. The summed E-state index contributed by atoms with van der Waals surface area (Å²) in [5.74, 6) is -0.134. The SMILES string of the molecule is CNC(=O)CCC(C)(C)NC(=O)c1ccccc1N1CCOCC1. The Bertz CT molecular complexity index is 581. The number of carbonyl (C=O) groups excluding carboxylic acids is 2. The van der Waals surface area contributed by atoms with Crippen LogP contribution >= 0.6 is 0 Å². The maximum absolute atomic E-state index is 12.8. The monoisotopic (exact) mass is 333 g/mol. The second kappa shape index (κ2) is 8.15. The van der Waals surface area contributed by atoms with Crippen LogP contribution in [0.15, 0.2) is 24.3 Å². The summed E-state index contributed by atoms with van der Waals surface area (Å²) in [5.41, 5.74) is 1.13. The van der Waals surface area contributed by atoms with Crippen LogP contribution < -0.4 is 15.5 Å². The molecule has 0 saturated carbocycles. The van der Waals surface area contributed by atoms with Crippen LogP contribution in [0.1, 0.15) is 37.0 Å². The van der Waals surface area contributed by atoms with E-state index in [0.717, 1.165) is 18.8 Å². The number of amides is 2. The van der Waals surface area contributed by atoms with E-state index in [1.807, 2.05) is 38.1 Å². The summed E-state index contributed by atoms with van der Waals surface area (Å²) in [6, 6.07) is 7.63. The topological polar surface area (TPSA) is 70.7 Å². The van der Waals surface area contributed by atoms with Crippen LogP contribution in [0.3, 0.4) is 0 Å². The van der Waals surface area contributed by atoms with Gasteiger partial charge in [0.1, 0.15) is 0 Å². The highest BCUT2D eigenvalue weighted by Crippen LogP contribution is 2.22. The van der Waals surface area contributed by atoms with Crippen molar-refractivity contribution in [3.8, 4) is 0 Å². The first-order chi connectivity index (χ1) is 11.4.